The Hall–Kier alpha value is -2.12. The van der Waals surface area contributed by atoms with Gasteiger partial charge in [-0.15, -0.1) is 0 Å². The molecule has 2 rings (SSSR count). The molecule has 0 radical (unpaired) electrons. The number of rotatable bonds is 8. The lowest BCUT2D eigenvalue weighted by Gasteiger charge is -2.22. The number of hydrogen-bond donors (Lipinski definition) is 1. The summed E-state index contributed by atoms with van der Waals surface area (Å²) < 4.78 is 38.3. The molecule has 0 heterocycles. The molecular formula is C19H22ClFN2O3S. The SMILES string of the molecule is C[C@@H](NC(=O)CCCN(c1ccc(Cl)cc1)S(C)(=O)=O)c1ccc(F)cc1. The molecule has 0 saturated heterocycles. The number of sulfonamides is 1. The van der Waals surface area contributed by atoms with Crippen LogP contribution < -0.4 is 9.62 Å². The Kier molecular flexibility index (Phi) is 7.21. The molecule has 27 heavy (non-hydrogen) atoms. The van der Waals surface area contributed by atoms with Gasteiger partial charge in [0.2, 0.25) is 15.9 Å². The summed E-state index contributed by atoms with van der Waals surface area (Å²) in [5.74, 6) is -0.531. The zero-order valence-electron chi connectivity index (χ0n) is 15.2. The lowest BCUT2D eigenvalue weighted by atomic mass is 10.1. The summed E-state index contributed by atoms with van der Waals surface area (Å²) in [5.41, 5.74) is 1.30. The summed E-state index contributed by atoms with van der Waals surface area (Å²) in [7, 11) is -3.48. The molecule has 0 fully saturated rings. The Morgan fingerprint density at radius 2 is 1.74 bits per heavy atom. The topological polar surface area (TPSA) is 66.5 Å². The Bertz CT molecular complexity index is 871. The average Bonchev–Trinajstić information content (AvgIpc) is 2.59. The summed E-state index contributed by atoms with van der Waals surface area (Å²) >= 11 is 5.84. The molecule has 0 saturated carbocycles. The van der Waals surface area contributed by atoms with Crippen LogP contribution in [0.25, 0.3) is 0 Å². The van der Waals surface area contributed by atoms with E-state index >= 15 is 0 Å². The number of hydrogen-bond acceptors (Lipinski definition) is 3. The Labute approximate surface area is 164 Å². The minimum atomic E-state index is -3.48. The average molecular weight is 413 g/mol. The maximum atomic E-state index is 13.0. The minimum absolute atomic E-state index is 0.172. The monoisotopic (exact) mass is 412 g/mol. The molecule has 1 amide bonds. The van der Waals surface area contributed by atoms with Crippen LogP contribution in [0.3, 0.4) is 0 Å². The predicted molar refractivity (Wildman–Crippen MR) is 106 cm³/mol. The summed E-state index contributed by atoms with van der Waals surface area (Å²) in [4.78, 5) is 12.1. The van der Waals surface area contributed by atoms with Gasteiger partial charge < -0.3 is 5.32 Å². The number of nitrogens with zero attached hydrogens (tertiary/aromatic N) is 1. The van der Waals surface area contributed by atoms with E-state index in [1.807, 2.05) is 6.92 Å². The first-order valence-electron chi connectivity index (χ1n) is 8.45. The van der Waals surface area contributed by atoms with Crippen LogP contribution in [0.5, 0.6) is 0 Å². The van der Waals surface area contributed by atoms with Gasteiger partial charge in [-0.3, -0.25) is 9.10 Å². The van der Waals surface area contributed by atoms with Gasteiger partial charge in [-0.25, -0.2) is 12.8 Å². The van der Waals surface area contributed by atoms with E-state index in [-0.39, 0.29) is 30.7 Å². The third-order valence-corrected chi connectivity index (χ3v) is 5.47. The van der Waals surface area contributed by atoms with Gasteiger partial charge in [0.1, 0.15) is 5.82 Å². The molecule has 2 aromatic carbocycles. The van der Waals surface area contributed by atoms with Gasteiger partial charge in [-0.05, 0) is 55.3 Å². The van der Waals surface area contributed by atoms with E-state index in [1.54, 1.807) is 36.4 Å². The highest BCUT2D eigenvalue weighted by Crippen LogP contribution is 2.21. The van der Waals surface area contributed by atoms with Crippen molar-refractivity contribution in [1.29, 1.82) is 0 Å². The molecule has 5 nitrogen and oxygen atoms in total. The van der Waals surface area contributed by atoms with Crippen molar-refractivity contribution < 1.29 is 17.6 Å². The Morgan fingerprint density at radius 1 is 1.15 bits per heavy atom. The van der Waals surface area contributed by atoms with E-state index in [0.717, 1.165) is 11.8 Å². The van der Waals surface area contributed by atoms with Crippen LogP contribution in [-0.4, -0.2) is 27.1 Å². The zero-order valence-corrected chi connectivity index (χ0v) is 16.7. The molecule has 0 aliphatic carbocycles. The van der Waals surface area contributed by atoms with E-state index in [2.05, 4.69) is 5.32 Å². The van der Waals surface area contributed by atoms with Gasteiger partial charge in [0.25, 0.3) is 0 Å². The van der Waals surface area contributed by atoms with Crippen LogP contribution in [0, 0.1) is 5.82 Å². The van der Waals surface area contributed by atoms with E-state index < -0.39 is 10.0 Å². The van der Waals surface area contributed by atoms with Crippen molar-refractivity contribution in [1.82, 2.24) is 5.32 Å². The second-order valence-electron chi connectivity index (χ2n) is 6.26. The summed E-state index contributed by atoms with van der Waals surface area (Å²) in [6.07, 6.45) is 1.65. The number of benzene rings is 2. The first-order valence-corrected chi connectivity index (χ1v) is 10.7. The number of anilines is 1. The van der Waals surface area contributed by atoms with Crippen molar-refractivity contribution >= 4 is 33.2 Å². The van der Waals surface area contributed by atoms with E-state index in [0.29, 0.717) is 17.1 Å². The second kappa shape index (κ2) is 9.19. The van der Waals surface area contributed by atoms with Crippen molar-refractivity contribution in [3.63, 3.8) is 0 Å². The quantitative estimate of drug-likeness (QED) is 0.715. The molecule has 0 unspecified atom stereocenters. The number of carbonyl (C=O) groups is 1. The number of nitrogens with one attached hydrogen (secondary N) is 1. The van der Waals surface area contributed by atoms with Gasteiger partial charge in [0, 0.05) is 18.0 Å². The third-order valence-electron chi connectivity index (χ3n) is 4.03. The van der Waals surface area contributed by atoms with E-state index in [1.165, 1.54) is 16.4 Å². The van der Waals surface area contributed by atoms with Crippen LogP contribution in [0.1, 0.15) is 31.4 Å². The summed E-state index contributed by atoms with van der Waals surface area (Å²) in [6, 6.07) is 12.1. The van der Waals surface area contributed by atoms with Crippen molar-refractivity contribution in [2.75, 3.05) is 17.1 Å². The lowest BCUT2D eigenvalue weighted by molar-refractivity contribution is -0.121. The Balaban J connectivity index is 1.91. The second-order valence-corrected chi connectivity index (χ2v) is 8.60. The first kappa shape index (κ1) is 21.2. The molecule has 2 aromatic rings. The molecule has 0 aliphatic heterocycles. The molecular weight excluding hydrogens is 391 g/mol. The van der Waals surface area contributed by atoms with Crippen LogP contribution >= 0.6 is 11.6 Å². The largest absolute Gasteiger partial charge is 0.350 e. The Morgan fingerprint density at radius 3 is 2.30 bits per heavy atom. The van der Waals surface area contributed by atoms with Gasteiger partial charge >= 0.3 is 0 Å². The van der Waals surface area contributed by atoms with E-state index in [4.69, 9.17) is 11.6 Å². The van der Waals surface area contributed by atoms with Gasteiger partial charge in [0.05, 0.1) is 18.0 Å². The van der Waals surface area contributed by atoms with Crippen LogP contribution in [0.15, 0.2) is 48.5 Å². The molecule has 1 N–H and O–H groups in total. The van der Waals surface area contributed by atoms with Crippen molar-refractivity contribution in [3.05, 3.63) is 64.9 Å². The fourth-order valence-corrected chi connectivity index (χ4v) is 3.72. The molecule has 0 aliphatic rings. The fraction of sp³-hybridized carbons (Fsp3) is 0.316. The normalized spacial score (nSPS) is 12.4. The molecule has 0 spiro atoms. The minimum Gasteiger partial charge on any atom is -0.350 e. The maximum absolute atomic E-state index is 13.0. The molecule has 146 valence electrons. The first-order chi connectivity index (χ1) is 12.7. The highest BCUT2D eigenvalue weighted by atomic mass is 35.5. The molecule has 0 aromatic heterocycles. The van der Waals surface area contributed by atoms with Crippen molar-refractivity contribution in [2.24, 2.45) is 0 Å². The summed E-state index contributed by atoms with van der Waals surface area (Å²) in [6.45, 7) is 1.99. The third kappa shape index (κ3) is 6.52. The van der Waals surface area contributed by atoms with Crippen molar-refractivity contribution in [2.45, 2.75) is 25.8 Å². The number of amides is 1. The maximum Gasteiger partial charge on any atom is 0.232 e. The van der Waals surface area contributed by atoms with Crippen LogP contribution in [0.2, 0.25) is 5.02 Å². The summed E-state index contributed by atoms with van der Waals surface area (Å²) in [5, 5.41) is 3.34. The highest BCUT2D eigenvalue weighted by Gasteiger charge is 2.18. The number of halogens is 2. The fourth-order valence-electron chi connectivity index (χ4n) is 2.63. The zero-order chi connectivity index (χ0) is 20.0. The van der Waals surface area contributed by atoms with Gasteiger partial charge in [-0.2, -0.15) is 0 Å². The van der Waals surface area contributed by atoms with Gasteiger partial charge in [0.15, 0.2) is 0 Å². The standard InChI is InChI=1S/C19H22ClFN2O3S/c1-14(15-5-9-17(21)10-6-15)22-19(24)4-3-13-23(27(2,25)26)18-11-7-16(20)8-12-18/h5-12,14H,3-4,13H2,1-2H3,(H,22,24)/t14-/m1/s1. The van der Waals surface area contributed by atoms with Crippen LogP contribution in [-0.2, 0) is 14.8 Å². The van der Waals surface area contributed by atoms with E-state index in [9.17, 15) is 17.6 Å². The highest BCUT2D eigenvalue weighted by molar-refractivity contribution is 7.92. The molecule has 8 heteroatoms. The predicted octanol–water partition coefficient (Wildman–Crippen LogP) is 3.90. The smallest absolute Gasteiger partial charge is 0.232 e. The van der Waals surface area contributed by atoms with Crippen LogP contribution in [0.4, 0.5) is 10.1 Å². The number of carbonyl (C=O) groups excluding carboxylic acids is 1. The molecule has 1 atom stereocenters. The van der Waals surface area contributed by atoms with Crippen molar-refractivity contribution in [3.8, 4) is 0 Å². The lowest BCUT2D eigenvalue weighted by Crippen LogP contribution is -2.32. The molecule has 0 bridgehead atoms. The van der Waals surface area contributed by atoms with Gasteiger partial charge in [-0.1, -0.05) is 23.7 Å².